The molecule has 0 amide bonds. The van der Waals surface area contributed by atoms with Crippen LogP contribution in [0.2, 0.25) is 0 Å². The molecule has 2 aliphatic rings. The van der Waals surface area contributed by atoms with E-state index in [9.17, 15) is 29.4 Å². The van der Waals surface area contributed by atoms with Crippen LogP contribution in [0.25, 0.3) is 11.1 Å². The van der Waals surface area contributed by atoms with E-state index >= 15 is 0 Å². The lowest BCUT2D eigenvalue weighted by Crippen LogP contribution is -1.96. The molecule has 0 aliphatic heterocycles. The third-order valence-electron chi connectivity index (χ3n) is 3.30. The third-order valence-corrected chi connectivity index (χ3v) is 4.42. The van der Waals surface area contributed by atoms with Gasteiger partial charge in [-0.15, -0.1) is 11.3 Å². The topological polar surface area (TPSA) is 109 Å². The molecule has 3 rings (SSSR count). The van der Waals surface area contributed by atoms with Crippen LogP contribution in [0.15, 0.2) is 23.7 Å². The van der Waals surface area contributed by atoms with Crippen molar-refractivity contribution < 1.29 is 29.4 Å². The molecule has 21 heavy (non-hydrogen) atoms. The maximum absolute atomic E-state index is 11.7. The van der Waals surface area contributed by atoms with Crippen molar-refractivity contribution in [3.63, 3.8) is 0 Å². The van der Waals surface area contributed by atoms with E-state index in [-0.39, 0.29) is 24.0 Å². The van der Waals surface area contributed by atoms with Crippen LogP contribution >= 0.6 is 11.3 Å². The van der Waals surface area contributed by atoms with Crippen molar-refractivity contribution in [1.29, 1.82) is 0 Å². The molecule has 1 heterocycles. The highest BCUT2D eigenvalue weighted by atomic mass is 32.1. The van der Waals surface area contributed by atoms with E-state index in [0.29, 0.717) is 9.75 Å². The summed E-state index contributed by atoms with van der Waals surface area (Å²) >= 11 is 0.965. The summed E-state index contributed by atoms with van der Waals surface area (Å²) in [5.41, 5.74) is -0.152. The molecule has 0 fully saturated rings. The molecule has 0 atom stereocenters. The van der Waals surface area contributed by atoms with Crippen molar-refractivity contribution in [2.75, 3.05) is 0 Å². The zero-order chi connectivity index (χ0) is 15.3. The SMILES string of the molecule is O=C1CC(=O)C(c2ccc(C3=C(O)C(=O)CC3=O)s2)=C1O. The van der Waals surface area contributed by atoms with Gasteiger partial charge in [-0.1, -0.05) is 0 Å². The van der Waals surface area contributed by atoms with Gasteiger partial charge in [0.25, 0.3) is 0 Å². The molecule has 2 N–H and O–H groups in total. The summed E-state index contributed by atoms with van der Waals surface area (Å²) in [6.45, 7) is 0. The highest BCUT2D eigenvalue weighted by molar-refractivity contribution is 7.15. The van der Waals surface area contributed by atoms with Crippen molar-refractivity contribution >= 4 is 45.6 Å². The smallest absolute Gasteiger partial charge is 0.205 e. The van der Waals surface area contributed by atoms with Gasteiger partial charge in [-0.3, -0.25) is 19.2 Å². The minimum absolute atomic E-state index is 0.0758. The molecule has 7 heteroatoms. The number of ketones is 4. The van der Waals surface area contributed by atoms with Crippen molar-refractivity contribution in [1.82, 2.24) is 0 Å². The van der Waals surface area contributed by atoms with E-state index in [1.54, 1.807) is 0 Å². The minimum atomic E-state index is -0.640. The second kappa shape index (κ2) is 4.49. The lowest BCUT2D eigenvalue weighted by Gasteiger charge is -1.97. The van der Waals surface area contributed by atoms with Crippen LogP contribution in [0.5, 0.6) is 0 Å². The number of aliphatic hydroxyl groups excluding tert-OH is 2. The molecule has 1 aromatic heterocycles. The standard InChI is InChI=1S/C14H8O6S/c15-5-3-7(17)13(19)11(5)9-1-2-10(21-9)12-6(16)4-8(18)14(12)20/h1-2,19-20H,3-4H2. The lowest BCUT2D eigenvalue weighted by molar-refractivity contribution is -0.123. The van der Waals surface area contributed by atoms with E-state index in [1.165, 1.54) is 12.1 Å². The van der Waals surface area contributed by atoms with E-state index in [0.717, 1.165) is 11.3 Å². The van der Waals surface area contributed by atoms with E-state index in [1.807, 2.05) is 0 Å². The van der Waals surface area contributed by atoms with E-state index in [4.69, 9.17) is 0 Å². The molecular weight excluding hydrogens is 296 g/mol. The molecule has 2 aliphatic carbocycles. The van der Waals surface area contributed by atoms with Crippen molar-refractivity contribution in [2.45, 2.75) is 12.8 Å². The number of rotatable bonds is 2. The molecule has 1 aromatic rings. The van der Waals surface area contributed by atoms with Crippen molar-refractivity contribution in [3.8, 4) is 0 Å². The number of aliphatic hydroxyl groups is 2. The fourth-order valence-corrected chi connectivity index (χ4v) is 3.43. The maximum Gasteiger partial charge on any atom is 0.205 e. The van der Waals surface area contributed by atoms with Crippen molar-refractivity contribution in [2.24, 2.45) is 0 Å². The average Bonchev–Trinajstić information content (AvgIpc) is 3.02. The van der Waals surface area contributed by atoms with Crippen LogP contribution in [-0.4, -0.2) is 33.3 Å². The maximum atomic E-state index is 11.7. The Morgan fingerprint density at radius 3 is 1.38 bits per heavy atom. The Balaban J connectivity index is 2.07. The first kappa shape index (κ1) is 13.4. The first-order valence-electron chi connectivity index (χ1n) is 6.00. The first-order valence-corrected chi connectivity index (χ1v) is 6.81. The largest absolute Gasteiger partial charge is 0.504 e. The normalized spacial score (nSPS) is 19.4. The van der Waals surface area contributed by atoms with Crippen LogP contribution in [0.4, 0.5) is 0 Å². The second-order valence-corrected chi connectivity index (χ2v) is 5.74. The van der Waals surface area contributed by atoms with Crippen LogP contribution in [0, 0.1) is 0 Å². The number of hydrogen-bond acceptors (Lipinski definition) is 7. The molecule has 0 radical (unpaired) electrons. The second-order valence-electron chi connectivity index (χ2n) is 4.66. The first-order chi connectivity index (χ1) is 9.90. The monoisotopic (exact) mass is 304 g/mol. The fraction of sp³-hybridized carbons (Fsp3) is 0.143. The van der Waals surface area contributed by atoms with Crippen LogP contribution < -0.4 is 0 Å². The van der Waals surface area contributed by atoms with E-state index < -0.39 is 34.7 Å². The van der Waals surface area contributed by atoms with Crippen LogP contribution in [-0.2, 0) is 19.2 Å². The Morgan fingerprint density at radius 1 is 0.714 bits per heavy atom. The lowest BCUT2D eigenvalue weighted by atomic mass is 10.1. The molecule has 0 saturated heterocycles. The molecule has 106 valence electrons. The Bertz CT molecular complexity index is 728. The number of allylic oxidation sites excluding steroid dienone is 4. The molecule has 0 saturated carbocycles. The van der Waals surface area contributed by atoms with Gasteiger partial charge >= 0.3 is 0 Å². The summed E-state index contributed by atoms with van der Waals surface area (Å²) in [5.74, 6) is -3.42. The van der Waals surface area contributed by atoms with Gasteiger partial charge in [0.15, 0.2) is 23.1 Å². The quantitative estimate of drug-likeness (QED) is 0.799. The molecule has 0 aromatic carbocycles. The summed E-state index contributed by atoms with van der Waals surface area (Å²) in [6, 6.07) is 2.94. The Kier molecular flexibility index (Phi) is 2.87. The van der Waals surface area contributed by atoms with Gasteiger partial charge in [0.05, 0.1) is 24.0 Å². The summed E-state index contributed by atoms with van der Waals surface area (Å²) in [4.78, 5) is 46.6. The van der Waals surface area contributed by atoms with Gasteiger partial charge in [0.2, 0.25) is 11.6 Å². The van der Waals surface area contributed by atoms with Crippen LogP contribution in [0.1, 0.15) is 22.6 Å². The molecule has 6 nitrogen and oxygen atoms in total. The number of Topliss-reactive ketones (excluding diaryl/α,β-unsaturated/α-hetero) is 4. The molecule has 0 bridgehead atoms. The minimum Gasteiger partial charge on any atom is -0.504 e. The van der Waals surface area contributed by atoms with Gasteiger partial charge in [-0.2, -0.15) is 0 Å². The van der Waals surface area contributed by atoms with Crippen LogP contribution in [0.3, 0.4) is 0 Å². The summed E-state index contributed by atoms with van der Waals surface area (Å²) in [7, 11) is 0. The molecule has 0 unspecified atom stereocenters. The predicted molar refractivity (Wildman–Crippen MR) is 72.7 cm³/mol. The Hall–Kier alpha value is -2.54. The Labute approximate surface area is 122 Å². The highest BCUT2D eigenvalue weighted by Gasteiger charge is 2.35. The third kappa shape index (κ3) is 1.93. The van der Waals surface area contributed by atoms with Gasteiger partial charge < -0.3 is 10.2 Å². The van der Waals surface area contributed by atoms with Gasteiger partial charge in [0, 0.05) is 9.75 Å². The number of carbonyl (C=O) groups is 4. The average molecular weight is 304 g/mol. The Morgan fingerprint density at radius 2 is 1.10 bits per heavy atom. The van der Waals surface area contributed by atoms with E-state index in [2.05, 4.69) is 0 Å². The highest BCUT2D eigenvalue weighted by Crippen LogP contribution is 2.37. The summed E-state index contributed by atoms with van der Waals surface area (Å²) < 4.78 is 0. The summed E-state index contributed by atoms with van der Waals surface area (Å²) in [6.07, 6.45) is -0.750. The van der Waals surface area contributed by atoms with Gasteiger partial charge in [-0.05, 0) is 12.1 Å². The zero-order valence-electron chi connectivity index (χ0n) is 10.5. The molecule has 0 spiro atoms. The van der Waals surface area contributed by atoms with Crippen molar-refractivity contribution in [3.05, 3.63) is 33.4 Å². The zero-order valence-corrected chi connectivity index (χ0v) is 11.3. The number of carbonyl (C=O) groups excluding carboxylic acids is 4. The predicted octanol–water partition coefficient (Wildman–Crippen LogP) is 1.37. The van der Waals surface area contributed by atoms with Gasteiger partial charge in [-0.25, -0.2) is 0 Å². The number of thiophene rings is 1. The summed E-state index contributed by atoms with van der Waals surface area (Å²) in [5, 5.41) is 19.3. The number of hydrogen-bond donors (Lipinski definition) is 2. The van der Waals surface area contributed by atoms with Gasteiger partial charge in [0.1, 0.15) is 0 Å². The fourth-order valence-electron chi connectivity index (χ4n) is 2.29. The molecular formula is C14H8O6S.